The van der Waals surface area contributed by atoms with Crippen molar-refractivity contribution >= 4 is 49.4 Å². The van der Waals surface area contributed by atoms with E-state index in [1.165, 1.54) is 11.8 Å². The Labute approximate surface area is 258 Å². The number of imidazole rings is 1. The highest BCUT2D eigenvalue weighted by molar-refractivity contribution is 7.99. The Balaban J connectivity index is 1.78. The zero-order valence-corrected chi connectivity index (χ0v) is 26.8. The molecule has 1 aromatic carbocycles. The van der Waals surface area contributed by atoms with Crippen molar-refractivity contribution in [3.8, 4) is 5.75 Å². The molecule has 0 radical (unpaired) electrons. The molecule has 2 N–H and O–H groups in total. The summed E-state index contributed by atoms with van der Waals surface area (Å²) in [6, 6.07) is 7.43. The monoisotopic (exact) mass is 657 g/mol. The summed E-state index contributed by atoms with van der Waals surface area (Å²) >= 11 is 1.36. The van der Waals surface area contributed by atoms with Crippen LogP contribution in [0.15, 0.2) is 40.5 Å². The Morgan fingerprint density at radius 2 is 1.55 bits per heavy atom. The van der Waals surface area contributed by atoms with Crippen molar-refractivity contribution in [2.45, 2.75) is 82.3 Å². The van der Waals surface area contributed by atoms with Crippen LogP contribution >= 0.6 is 19.4 Å². The number of aromatic nitrogens is 4. The number of nitrogen functional groups attached to an aromatic ring is 1. The number of fused-ring (bicyclic) bond motifs is 1. The van der Waals surface area contributed by atoms with E-state index < -0.39 is 45.2 Å². The third-order valence-corrected chi connectivity index (χ3v) is 7.73. The summed E-state index contributed by atoms with van der Waals surface area (Å²) in [4.78, 5) is 36.1. The number of rotatable bonds is 20. The van der Waals surface area contributed by atoms with Gasteiger partial charge < -0.3 is 38.7 Å². The van der Waals surface area contributed by atoms with E-state index in [0.717, 1.165) is 10.6 Å². The first-order valence-corrected chi connectivity index (χ1v) is 15.9. The van der Waals surface area contributed by atoms with E-state index in [2.05, 4.69) is 15.0 Å². The molecule has 0 saturated carbocycles. The number of nitrogens with two attached hydrogens (primary N) is 1. The molecular formula is C26H36N5O11PS. The smallest absolute Gasteiger partial charge is 0.365 e. The summed E-state index contributed by atoms with van der Waals surface area (Å²) in [5.41, 5.74) is 6.98. The zero-order chi connectivity index (χ0) is 32.3. The maximum Gasteiger partial charge on any atom is 0.365 e. The van der Waals surface area contributed by atoms with Gasteiger partial charge in [-0.2, -0.15) is 4.98 Å². The standard InChI is InChI=1S/C26H36N5O11PS/c1-16(2)39-25(36-13-32)41-43(34,42-26(37-14-33)40-17(3)4)15-38-18(5)11-31-12-28-21-22(31)29-24(27)30-23(21)44-20-9-7-19(35-6)8-10-20/h7-10,12-14,16-18,25-26H,11,15H2,1-6H3,(H2,27,29,30). The van der Waals surface area contributed by atoms with Crippen molar-refractivity contribution in [3.05, 3.63) is 30.6 Å². The van der Waals surface area contributed by atoms with E-state index >= 15 is 0 Å². The molecule has 0 saturated heterocycles. The fourth-order valence-corrected chi connectivity index (χ4v) is 5.70. The summed E-state index contributed by atoms with van der Waals surface area (Å²) in [6.45, 7) is 5.13. The molecule has 3 aromatic rings. The van der Waals surface area contributed by atoms with Crippen molar-refractivity contribution < 1.29 is 51.6 Å². The largest absolute Gasteiger partial charge is 0.497 e. The number of ether oxygens (including phenoxy) is 6. The van der Waals surface area contributed by atoms with Crippen LogP contribution in [-0.2, 0) is 53.4 Å². The van der Waals surface area contributed by atoms with Crippen LogP contribution in [-0.4, -0.2) is 77.2 Å². The number of nitrogens with zero attached hydrogens (tertiary/aromatic N) is 4. The second kappa shape index (κ2) is 16.7. The first-order chi connectivity index (χ1) is 20.9. The lowest BCUT2D eigenvalue weighted by Gasteiger charge is -2.28. The molecule has 16 nitrogen and oxygen atoms in total. The van der Waals surface area contributed by atoms with Gasteiger partial charge in [-0.25, -0.2) is 19.0 Å². The fourth-order valence-electron chi connectivity index (χ4n) is 3.49. The molecule has 18 heteroatoms. The minimum absolute atomic E-state index is 0.0490. The van der Waals surface area contributed by atoms with Gasteiger partial charge in [0.1, 0.15) is 22.6 Å². The molecule has 0 amide bonds. The number of carbonyl (C=O) groups excluding carboxylic acids is 2. The summed E-state index contributed by atoms with van der Waals surface area (Å²) in [7, 11) is -2.79. The van der Waals surface area contributed by atoms with E-state index in [9.17, 15) is 14.2 Å². The minimum atomic E-state index is -4.38. The van der Waals surface area contributed by atoms with Gasteiger partial charge in [0, 0.05) is 4.90 Å². The number of anilines is 1. The van der Waals surface area contributed by atoms with Gasteiger partial charge in [-0.05, 0) is 58.9 Å². The fraction of sp³-hybridized carbons (Fsp3) is 0.500. The Bertz CT molecular complexity index is 1380. The van der Waals surface area contributed by atoms with Crippen molar-refractivity contribution in [1.82, 2.24) is 19.5 Å². The third kappa shape index (κ3) is 10.7. The van der Waals surface area contributed by atoms with Crippen LogP contribution in [0.1, 0.15) is 34.6 Å². The second-order valence-electron chi connectivity index (χ2n) is 9.57. The molecule has 2 aromatic heterocycles. The Morgan fingerprint density at radius 1 is 0.955 bits per heavy atom. The lowest BCUT2D eigenvalue weighted by molar-refractivity contribution is -0.268. The average molecular weight is 658 g/mol. The SMILES string of the molecule is COc1ccc(Sc2nc(N)nc3c2ncn3CC(C)OCP(=O)(OC(OC=O)OC(C)C)OC(OC=O)OC(C)C)cc1. The average Bonchev–Trinajstić information content (AvgIpc) is 3.34. The Hall–Kier alpha value is -3.31. The topological polar surface area (TPSA) is 195 Å². The Kier molecular flexibility index (Phi) is 13.3. The van der Waals surface area contributed by atoms with Gasteiger partial charge in [-0.1, -0.05) is 11.8 Å². The van der Waals surface area contributed by atoms with Gasteiger partial charge in [0.25, 0.3) is 12.9 Å². The van der Waals surface area contributed by atoms with Gasteiger partial charge in [0.05, 0.1) is 38.3 Å². The van der Waals surface area contributed by atoms with E-state index in [1.54, 1.807) is 52.6 Å². The van der Waals surface area contributed by atoms with Crippen LogP contribution in [0.4, 0.5) is 5.95 Å². The van der Waals surface area contributed by atoms with Crippen molar-refractivity contribution in [3.63, 3.8) is 0 Å². The van der Waals surface area contributed by atoms with Crippen LogP contribution in [0, 0.1) is 0 Å². The highest BCUT2D eigenvalue weighted by Gasteiger charge is 2.37. The normalized spacial score (nSPS) is 15.1. The number of carbonyl (C=O) groups is 2. The molecule has 0 aliphatic rings. The molecule has 2 heterocycles. The number of methoxy groups -OCH3 is 1. The molecule has 0 spiro atoms. The molecule has 3 unspecified atom stereocenters. The maximum absolute atomic E-state index is 13.8. The molecule has 3 atom stereocenters. The van der Waals surface area contributed by atoms with Crippen LogP contribution in [0.25, 0.3) is 11.2 Å². The number of hydrogen-bond donors (Lipinski definition) is 1. The van der Waals surface area contributed by atoms with Crippen molar-refractivity contribution in [1.29, 1.82) is 0 Å². The van der Waals surface area contributed by atoms with Crippen LogP contribution in [0.5, 0.6) is 5.75 Å². The molecule has 242 valence electrons. The molecule has 0 fully saturated rings. The lowest BCUT2D eigenvalue weighted by Crippen LogP contribution is -2.29. The number of hydrogen-bond acceptors (Lipinski definition) is 16. The Morgan fingerprint density at radius 3 is 2.07 bits per heavy atom. The zero-order valence-electron chi connectivity index (χ0n) is 25.1. The predicted octanol–water partition coefficient (Wildman–Crippen LogP) is 3.92. The molecule has 0 aliphatic heterocycles. The second-order valence-corrected chi connectivity index (χ2v) is 12.5. The molecule has 3 rings (SSSR count). The summed E-state index contributed by atoms with van der Waals surface area (Å²) < 4.78 is 57.5. The lowest BCUT2D eigenvalue weighted by atomic mass is 10.3. The van der Waals surface area contributed by atoms with Gasteiger partial charge >= 0.3 is 20.5 Å². The van der Waals surface area contributed by atoms with Crippen molar-refractivity contribution in [2.75, 3.05) is 19.2 Å². The third-order valence-electron chi connectivity index (χ3n) is 5.29. The van der Waals surface area contributed by atoms with Crippen LogP contribution < -0.4 is 10.5 Å². The van der Waals surface area contributed by atoms with E-state index in [-0.39, 0.29) is 25.4 Å². The molecule has 44 heavy (non-hydrogen) atoms. The first kappa shape index (κ1) is 35.2. The summed E-state index contributed by atoms with van der Waals surface area (Å²) in [5, 5.41) is 0.550. The van der Waals surface area contributed by atoms with Gasteiger partial charge in [0.2, 0.25) is 5.95 Å². The van der Waals surface area contributed by atoms with Gasteiger partial charge in [-0.15, -0.1) is 0 Å². The van der Waals surface area contributed by atoms with Crippen LogP contribution in [0.3, 0.4) is 0 Å². The number of benzene rings is 1. The van der Waals surface area contributed by atoms with Crippen LogP contribution in [0.2, 0.25) is 0 Å². The summed E-state index contributed by atoms with van der Waals surface area (Å²) in [6.07, 6.45) is -0.720. The minimum Gasteiger partial charge on any atom is -0.497 e. The molecular weight excluding hydrogens is 621 g/mol. The maximum atomic E-state index is 13.8. The molecule has 0 aliphatic carbocycles. The van der Waals surface area contributed by atoms with Crippen molar-refractivity contribution in [2.24, 2.45) is 0 Å². The van der Waals surface area contributed by atoms with E-state index in [0.29, 0.717) is 16.2 Å². The highest BCUT2D eigenvalue weighted by Crippen LogP contribution is 2.51. The van der Waals surface area contributed by atoms with E-state index in [4.69, 9.17) is 43.2 Å². The van der Waals surface area contributed by atoms with E-state index in [1.807, 2.05) is 24.3 Å². The summed E-state index contributed by atoms with van der Waals surface area (Å²) in [5.74, 6) is 0.770. The molecule has 0 bridgehead atoms. The quantitative estimate of drug-likeness (QED) is 0.0794. The highest BCUT2D eigenvalue weighted by atomic mass is 32.2. The first-order valence-electron chi connectivity index (χ1n) is 13.3. The van der Waals surface area contributed by atoms with Gasteiger partial charge in [0.15, 0.2) is 5.65 Å². The predicted molar refractivity (Wildman–Crippen MR) is 156 cm³/mol. The van der Waals surface area contributed by atoms with Gasteiger partial charge in [-0.3, -0.25) is 14.2 Å².